The lowest BCUT2D eigenvalue weighted by Crippen LogP contribution is -2.47. The highest BCUT2D eigenvalue weighted by molar-refractivity contribution is 8.00. The maximum absolute atomic E-state index is 5.34. The minimum atomic E-state index is 0.676. The van der Waals surface area contributed by atoms with Crippen LogP contribution in [0.4, 0.5) is 0 Å². The summed E-state index contributed by atoms with van der Waals surface area (Å²) in [5.74, 6) is 0. The van der Waals surface area contributed by atoms with E-state index >= 15 is 0 Å². The number of hydrazine groups is 1. The van der Waals surface area contributed by atoms with Gasteiger partial charge in [-0.1, -0.05) is 18.2 Å². The van der Waals surface area contributed by atoms with Crippen molar-refractivity contribution >= 4 is 11.8 Å². The third-order valence-corrected chi connectivity index (χ3v) is 4.59. The number of hydrogen-bond donors (Lipinski definition) is 1. The number of morpholine rings is 1. The van der Waals surface area contributed by atoms with E-state index in [-0.39, 0.29) is 0 Å². The summed E-state index contributed by atoms with van der Waals surface area (Å²) in [6, 6.07) is 8.74. The van der Waals surface area contributed by atoms with Crippen molar-refractivity contribution in [1.29, 1.82) is 0 Å². The van der Waals surface area contributed by atoms with Crippen LogP contribution in [-0.4, -0.2) is 43.1 Å². The van der Waals surface area contributed by atoms with Crippen LogP contribution in [0.15, 0.2) is 29.2 Å². The van der Waals surface area contributed by atoms with E-state index in [9.17, 15) is 0 Å². The van der Waals surface area contributed by atoms with Gasteiger partial charge in [0.2, 0.25) is 0 Å². The van der Waals surface area contributed by atoms with Crippen molar-refractivity contribution in [2.75, 3.05) is 32.8 Å². The quantitative estimate of drug-likeness (QED) is 0.879. The fourth-order valence-corrected chi connectivity index (χ4v) is 3.56. The van der Waals surface area contributed by atoms with E-state index in [0.717, 1.165) is 32.8 Å². The van der Waals surface area contributed by atoms with Crippen molar-refractivity contribution in [3.05, 3.63) is 29.8 Å². The number of rotatable bonds is 3. The molecular weight excluding hydrogens is 232 g/mol. The Morgan fingerprint density at radius 2 is 2.12 bits per heavy atom. The van der Waals surface area contributed by atoms with Gasteiger partial charge in [0.1, 0.15) is 0 Å². The maximum Gasteiger partial charge on any atom is 0.0608 e. The predicted octanol–water partition coefficient (Wildman–Crippen LogP) is 1.54. The van der Waals surface area contributed by atoms with Gasteiger partial charge >= 0.3 is 0 Å². The van der Waals surface area contributed by atoms with Gasteiger partial charge in [0, 0.05) is 29.8 Å². The molecule has 0 amide bonds. The third kappa shape index (κ3) is 2.83. The number of ether oxygens (including phenoxy) is 1. The second-order valence-corrected chi connectivity index (χ2v) is 5.86. The monoisotopic (exact) mass is 250 g/mol. The highest BCUT2D eigenvalue weighted by Crippen LogP contribution is 2.36. The molecule has 0 bridgehead atoms. The first-order chi connectivity index (χ1) is 8.42. The lowest BCUT2D eigenvalue weighted by atomic mass is 10.1. The molecular formula is C13H18N2OS. The van der Waals surface area contributed by atoms with Crippen molar-refractivity contribution in [3.63, 3.8) is 0 Å². The van der Waals surface area contributed by atoms with Crippen molar-refractivity contribution in [2.24, 2.45) is 0 Å². The third-order valence-electron chi connectivity index (χ3n) is 3.27. The molecule has 0 radical (unpaired) electrons. The molecule has 3 rings (SSSR count). The first-order valence-corrected chi connectivity index (χ1v) is 7.10. The lowest BCUT2D eigenvalue weighted by Gasteiger charge is -2.28. The molecule has 0 aromatic heterocycles. The van der Waals surface area contributed by atoms with Crippen LogP contribution in [0.1, 0.15) is 5.56 Å². The molecule has 1 saturated heterocycles. The van der Waals surface area contributed by atoms with Crippen LogP contribution in [0.25, 0.3) is 0 Å². The van der Waals surface area contributed by atoms with E-state index in [4.69, 9.17) is 4.74 Å². The smallest absolute Gasteiger partial charge is 0.0608 e. The van der Waals surface area contributed by atoms with Crippen molar-refractivity contribution in [3.8, 4) is 0 Å². The standard InChI is InChI=1S/C13H18N2OS/c1-2-4-13-11(3-1)9-12(17-13)10-14-15-5-7-16-8-6-15/h1-4,12,14H,5-10H2. The molecule has 0 aliphatic carbocycles. The Kier molecular flexibility index (Phi) is 3.66. The summed E-state index contributed by atoms with van der Waals surface area (Å²) in [5, 5.41) is 2.96. The first-order valence-electron chi connectivity index (χ1n) is 6.22. The number of fused-ring (bicyclic) bond motifs is 1. The van der Waals surface area contributed by atoms with E-state index < -0.39 is 0 Å². The van der Waals surface area contributed by atoms with Gasteiger partial charge < -0.3 is 4.74 Å². The normalized spacial score (nSPS) is 24.8. The summed E-state index contributed by atoms with van der Waals surface area (Å²) in [7, 11) is 0. The van der Waals surface area contributed by atoms with Gasteiger partial charge in [-0.15, -0.1) is 11.8 Å². The van der Waals surface area contributed by atoms with Crippen molar-refractivity contribution in [1.82, 2.24) is 10.4 Å². The van der Waals surface area contributed by atoms with Gasteiger partial charge in [0.05, 0.1) is 13.2 Å². The second-order valence-electron chi connectivity index (χ2n) is 4.51. The summed E-state index contributed by atoms with van der Waals surface area (Å²) in [6.45, 7) is 4.77. The summed E-state index contributed by atoms with van der Waals surface area (Å²) < 4.78 is 5.34. The van der Waals surface area contributed by atoms with E-state index in [0.29, 0.717) is 5.25 Å². The van der Waals surface area contributed by atoms with Crippen LogP contribution in [0.5, 0.6) is 0 Å². The number of nitrogens with one attached hydrogen (secondary N) is 1. The molecule has 0 spiro atoms. The van der Waals surface area contributed by atoms with E-state index in [1.165, 1.54) is 16.9 Å². The zero-order valence-electron chi connectivity index (χ0n) is 9.89. The Balaban J connectivity index is 1.48. The van der Waals surface area contributed by atoms with Crippen LogP contribution in [0.3, 0.4) is 0 Å². The van der Waals surface area contributed by atoms with Crippen LogP contribution >= 0.6 is 11.8 Å². The molecule has 0 saturated carbocycles. The maximum atomic E-state index is 5.34. The first kappa shape index (κ1) is 11.5. The zero-order chi connectivity index (χ0) is 11.5. The topological polar surface area (TPSA) is 24.5 Å². The number of benzene rings is 1. The Morgan fingerprint density at radius 3 is 2.94 bits per heavy atom. The molecule has 1 N–H and O–H groups in total. The molecule has 3 nitrogen and oxygen atoms in total. The predicted molar refractivity (Wildman–Crippen MR) is 70.2 cm³/mol. The molecule has 1 aromatic rings. The van der Waals surface area contributed by atoms with Gasteiger partial charge in [0.25, 0.3) is 0 Å². The zero-order valence-corrected chi connectivity index (χ0v) is 10.7. The molecule has 1 fully saturated rings. The Bertz CT molecular complexity index is 354. The fourth-order valence-electron chi connectivity index (χ4n) is 2.32. The Morgan fingerprint density at radius 1 is 1.29 bits per heavy atom. The highest BCUT2D eigenvalue weighted by atomic mass is 32.2. The number of nitrogens with zero attached hydrogens (tertiary/aromatic N) is 1. The van der Waals surface area contributed by atoms with E-state index in [1.54, 1.807) is 0 Å². The van der Waals surface area contributed by atoms with Crippen LogP contribution in [0.2, 0.25) is 0 Å². The highest BCUT2D eigenvalue weighted by Gasteiger charge is 2.22. The molecule has 1 atom stereocenters. The van der Waals surface area contributed by atoms with Crippen LogP contribution < -0.4 is 5.43 Å². The molecule has 2 aliphatic heterocycles. The minimum absolute atomic E-state index is 0.676. The van der Waals surface area contributed by atoms with Crippen molar-refractivity contribution in [2.45, 2.75) is 16.6 Å². The van der Waals surface area contributed by atoms with E-state index in [1.807, 2.05) is 11.8 Å². The van der Waals surface area contributed by atoms with Gasteiger partial charge in [-0.25, -0.2) is 5.01 Å². The van der Waals surface area contributed by atoms with Gasteiger partial charge in [-0.3, -0.25) is 5.43 Å². The number of hydrogen-bond acceptors (Lipinski definition) is 4. The number of thioether (sulfide) groups is 1. The Labute approximate surface area is 106 Å². The summed E-state index contributed by atoms with van der Waals surface area (Å²) in [5.41, 5.74) is 5.04. The average Bonchev–Trinajstić information content (AvgIpc) is 2.80. The minimum Gasteiger partial charge on any atom is -0.379 e. The summed E-state index contributed by atoms with van der Waals surface area (Å²) in [4.78, 5) is 1.46. The summed E-state index contributed by atoms with van der Waals surface area (Å²) >= 11 is 2.00. The van der Waals surface area contributed by atoms with Crippen molar-refractivity contribution < 1.29 is 4.74 Å². The largest absolute Gasteiger partial charge is 0.379 e. The molecule has 4 heteroatoms. The van der Waals surface area contributed by atoms with Crippen LogP contribution in [0, 0.1) is 0 Å². The second kappa shape index (κ2) is 5.40. The molecule has 1 unspecified atom stereocenters. The average molecular weight is 250 g/mol. The van der Waals surface area contributed by atoms with Crippen LogP contribution in [-0.2, 0) is 11.2 Å². The molecule has 17 heavy (non-hydrogen) atoms. The van der Waals surface area contributed by atoms with Gasteiger partial charge in [-0.05, 0) is 18.1 Å². The molecule has 1 aromatic carbocycles. The Hall–Kier alpha value is -0.550. The van der Waals surface area contributed by atoms with Gasteiger partial charge in [-0.2, -0.15) is 0 Å². The summed E-state index contributed by atoms with van der Waals surface area (Å²) in [6.07, 6.45) is 1.19. The van der Waals surface area contributed by atoms with Gasteiger partial charge in [0.15, 0.2) is 0 Å². The molecule has 2 aliphatic rings. The lowest BCUT2D eigenvalue weighted by molar-refractivity contribution is 0.0123. The molecule has 2 heterocycles. The SMILES string of the molecule is c1ccc2c(c1)CC(CNN1CCOCC1)S2. The fraction of sp³-hybridized carbons (Fsp3) is 0.538. The molecule has 92 valence electrons. The van der Waals surface area contributed by atoms with E-state index in [2.05, 4.69) is 34.7 Å².